The Morgan fingerprint density at radius 1 is 1.29 bits per heavy atom. The van der Waals surface area contributed by atoms with E-state index in [4.69, 9.17) is 5.11 Å². The highest BCUT2D eigenvalue weighted by Crippen LogP contribution is 2.28. The summed E-state index contributed by atoms with van der Waals surface area (Å²) in [4.78, 5) is 11.0. The molecule has 2 N–H and O–H groups in total. The van der Waals surface area contributed by atoms with Crippen LogP contribution in [0.15, 0.2) is 24.3 Å². The zero-order valence-corrected chi connectivity index (χ0v) is 10.4. The van der Waals surface area contributed by atoms with Gasteiger partial charge in [-0.1, -0.05) is 18.2 Å². The van der Waals surface area contributed by atoms with E-state index in [9.17, 15) is 22.4 Å². The Morgan fingerprint density at radius 3 is 2.57 bits per heavy atom. The Labute approximate surface area is 115 Å². The number of carbonyl (C=O) groups is 1. The fraction of sp³-hybridized carbons (Fsp3) is 0.250. The summed E-state index contributed by atoms with van der Waals surface area (Å²) in [7, 11) is 0. The largest absolute Gasteiger partial charge is 0.476 e. The number of nitrogens with zero attached hydrogens (tertiary/aromatic N) is 2. The summed E-state index contributed by atoms with van der Waals surface area (Å²) < 4.78 is 50.2. The van der Waals surface area contributed by atoms with Crippen molar-refractivity contribution in [2.75, 3.05) is 11.9 Å². The maximum absolute atomic E-state index is 13.0. The van der Waals surface area contributed by atoms with Crippen LogP contribution in [0.3, 0.4) is 0 Å². The summed E-state index contributed by atoms with van der Waals surface area (Å²) in [5, 5.41) is 18.3. The molecular formula is C12H9F4N3O2. The highest BCUT2D eigenvalue weighted by atomic mass is 19.3. The van der Waals surface area contributed by atoms with E-state index in [1.54, 1.807) is 6.07 Å². The monoisotopic (exact) mass is 303 g/mol. The molecule has 0 amide bonds. The molecule has 0 atom stereocenters. The molecule has 0 fully saturated rings. The standard InChI is InChI=1S/C12H9F4N3O2/c13-11(14)12(15,16)5-17-8-6-3-1-2-4-7(6)18-19-9(8)10(20)21/h1-4,11H,5H2,(H,17,18)(H,20,21). The van der Waals surface area contributed by atoms with Crippen molar-refractivity contribution in [2.24, 2.45) is 0 Å². The summed E-state index contributed by atoms with van der Waals surface area (Å²) in [6, 6.07) is 6.05. The summed E-state index contributed by atoms with van der Waals surface area (Å²) in [6.45, 7) is -1.42. The summed E-state index contributed by atoms with van der Waals surface area (Å²) in [5.41, 5.74) is -0.627. The topological polar surface area (TPSA) is 75.1 Å². The van der Waals surface area contributed by atoms with E-state index >= 15 is 0 Å². The molecule has 0 spiro atoms. The Morgan fingerprint density at radius 2 is 1.95 bits per heavy atom. The molecule has 0 radical (unpaired) electrons. The van der Waals surface area contributed by atoms with E-state index in [0.717, 1.165) is 0 Å². The van der Waals surface area contributed by atoms with Crippen LogP contribution in [0.4, 0.5) is 23.2 Å². The van der Waals surface area contributed by atoms with Crippen LogP contribution in [0.25, 0.3) is 10.9 Å². The molecule has 2 rings (SSSR count). The van der Waals surface area contributed by atoms with E-state index < -0.39 is 30.6 Å². The molecule has 0 aliphatic rings. The number of hydrogen-bond acceptors (Lipinski definition) is 4. The van der Waals surface area contributed by atoms with E-state index in [2.05, 4.69) is 10.2 Å². The summed E-state index contributed by atoms with van der Waals surface area (Å²) in [5.74, 6) is -5.80. The molecule has 2 aromatic rings. The maximum atomic E-state index is 13.0. The van der Waals surface area contributed by atoms with Gasteiger partial charge in [-0.2, -0.15) is 8.78 Å². The molecule has 9 heteroatoms. The summed E-state index contributed by atoms with van der Waals surface area (Å²) in [6.07, 6.45) is -3.86. The Hall–Kier alpha value is -2.45. The number of nitrogens with one attached hydrogen (secondary N) is 1. The molecule has 0 aliphatic heterocycles. The molecule has 5 nitrogen and oxygen atoms in total. The van der Waals surface area contributed by atoms with Crippen LogP contribution in [0.1, 0.15) is 10.5 Å². The third-order valence-corrected chi connectivity index (χ3v) is 2.69. The van der Waals surface area contributed by atoms with Crippen molar-refractivity contribution < 1.29 is 27.5 Å². The third-order valence-electron chi connectivity index (χ3n) is 2.69. The predicted molar refractivity (Wildman–Crippen MR) is 65.9 cm³/mol. The van der Waals surface area contributed by atoms with Crippen LogP contribution in [0.5, 0.6) is 0 Å². The first-order chi connectivity index (χ1) is 9.83. The lowest BCUT2D eigenvalue weighted by Gasteiger charge is -2.18. The number of carboxylic acid groups (broad SMARTS) is 1. The second-order valence-electron chi connectivity index (χ2n) is 4.16. The second kappa shape index (κ2) is 5.51. The highest BCUT2D eigenvalue weighted by molar-refractivity contribution is 6.02. The van der Waals surface area contributed by atoms with Crippen molar-refractivity contribution in [3.05, 3.63) is 30.0 Å². The van der Waals surface area contributed by atoms with Crippen LogP contribution in [-0.2, 0) is 0 Å². The second-order valence-corrected chi connectivity index (χ2v) is 4.16. The molecule has 21 heavy (non-hydrogen) atoms. The Balaban J connectivity index is 2.45. The number of hydrogen-bond donors (Lipinski definition) is 2. The quantitative estimate of drug-likeness (QED) is 0.831. The van der Waals surface area contributed by atoms with Gasteiger partial charge < -0.3 is 10.4 Å². The molecule has 0 saturated carbocycles. The average molecular weight is 303 g/mol. The minimum Gasteiger partial charge on any atom is -0.476 e. The van der Waals surface area contributed by atoms with E-state index in [1.165, 1.54) is 18.2 Å². The van der Waals surface area contributed by atoms with Gasteiger partial charge in [-0.05, 0) is 6.07 Å². The van der Waals surface area contributed by atoms with Crippen molar-refractivity contribution in [2.45, 2.75) is 12.3 Å². The van der Waals surface area contributed by atoms with Gasteiger partial charge in [0.05, 0.1) is 17.7 Å². The molecule has 0 bridgehead atoms. The number of fused-ring (bicyclic) bond motifs is 1. The van der Waals surface area contributed by atoms with E-state index in [0.29, 0.717) is 0 Å². The van der Waals surface area contributed by atoms with Crippen LogP contribution in [0.2, 0.25) is 0 Å². The first-order valence-corrected chi connectivity index (χ1v) is 5.71. The lowest BCUT2D eigenvalue weighted by molar-refractivity contribution is -0.117. The maximum Gasteiger partial charge on any atom is 0.358 e. The lowest BCUT2D eigenvalue weighted by Crippen LogP contribution is -2.35. The van der Waals surface area contributed by atoms with Crippen molar-refractivity contribution in [1.29, 1.82) is 0 Å². The number of carboxylic acids is 1. The zero-order valence-electron chi connectivity index (χ0n) is 10.4. The Kier molecular flexibility index (Phi) is 3.92. The van der Waals surface area contributed by atoms with Gasteiger partial charge in [0.2, 0.25) is 0 Å². The minimum atomic E-state index is -4.29. The number of rotatable bonds is 5. The zero-order chi connectivity index (χ0) is 15.6. The first-order valence-electron chi connectivity index (χ1n) is 5.71. The van der Waals surface area contributed by atoms with Gasteiger partial charge in [0.25, 0.3) is 0 Å². The number of alkyl halides is 4. The normalized spacial score (nSPS) is 11.9. The third kappa shape index (κ3) is 3.01. The molecule has 112 valence electrons. The number of anilines is 1. The minimum absolute atomic E-state index is 0.204. The predicted octanol–water partition coefficient (Wildman–Crippen LogP) is 2.64. The van der Waals surface area contributed by atoms with Gasteiger partial charge in [-0.15, -0.1) is 10.2 Å². The molecule has 0 saturated heterocycles. The molecule has 1 heterocycles. The van der Waals surface area contributed by atoms with Gasteiger partial charge in [0.1, 0.15) is 0 Å². The van der Waals surface area contributed by atoms with Crippen LogP contribution < -0.4 is 5.32 Å². The lowest BCUT2D eigenvalue weighted by atomic mass is 10.1. The van der Waals surface area contributed by atoms with Crippen LogP contribution in [0, 0.1) is 0 Å². The smallest absolute Gasteiger partial charge is 0.358 e. The fourth-order valence-electron chi connectivity index (χ4n) is 1.67. The van der Waals surface area contributed by atoms with Crippen molar-refractivity contribution in [3.8, 4) is 0 Å². The first kappa shape index (κ1) is 14.9. The fourth-order valence-corrected chi connectivity index (χ4v) is 1.67. The Bertz CT molecular complexity index is 679. The average Bonchev–Trinajstić information content (AvgIpc) is 2.44. The van der Waals surface area contributed by atoms with Gasteiger partial charge >= 0.3 is 18.3 Å². The number of aromatic nitrogens is 2. The molecule has 0 aliphatic carbocycles. The van der Waals surface area contributed by atoms with Crippen molar-refractivity contribution >= 4 is 22.6 Å². The molecule has 1 aromatic heterocycles. The van der Waals surface area contributed by atoms with E-state index in [1.807, 2.05) is 5.32 Å². The molecule has 0 unspecified atom stereocenters. The molecular weight excluding hydrogens is 294 g/mol. The van der Waals surface area contributed by atoms with Crippen molar-refractivity contribution in [3.63, 3.8) is 0 Å². The number of halogens is 4. The number of benzene rings is 1. The number of aromatic carboxylic acids is 1. The summed E-state index contributed by atoms with van der Waals surface area (Å²) >= 11 is 0. The van der Waals surface area contributed by atoms with Crippen molar-refractivity contribution in [1.82, 2.24) is 10.2 Å². The SMILES string of the molecule is O=C(O)c1nnc2ccccc2c1NCC(F)(F)C(F)F. The van der Waals surface area contributed by atoms with Gasteiger partial charge in [-0.25, -0.2) is 13.6 Å². The van der Waals surface area contributed by atoms with E-state index in [-0.39, 0.29) is 16.6 Å². The van der Waals surface area contributed by atoms with Crippen LogP contribution >= 0.6 is 0 Å². The van der Waals surface area contributed by atoms with Gasteiger partial charge in [0.15, 0.2) is 5.69 Å². The van der Waals surface area contributed by atoms with Crippen LogP contribution in [-0.4, -0.2) is 40.2 Å². The highest BCUT2D eigenvalue weighted by Gasteiger charge is 2.40. The van der Waals surface area contributed by atoms with Gasteiger partial charge in [0, 0.05) is 5.39 Å². The molecule has 1 aromatic carbocycles. The van der Waals surface area contributed by atoms with Gasteiger partial charge in [-0.3, -0.25) is 0 Å².